The Balaban J connectivity index is 1.80. The summed E-state index contributed by atoms with van der Waals surface area (Å²) in [6.45, 7) is 15.7. The Morgan fingerprint density at radius 1 is 1.00 bits per heavy atom. The average molecular weight is 266 g/mol. The number of likely N-dealkylation sites (tertiary alicyclic amines) is 1. The predicted octanol–water partition coefficient (Wildman–Crippen LogP) is 3.62. The molecule has 1 aliphatic heterocycles. The normalized spacial score (nSPS) is 30.3. The summed E-state index contributed by atoms with van der Waals surface area (Å²) in [6.07, 6.45) is 5.68. The van der Waals surface area contributed by atoms with E-state index >= 15 is 0 Å². The Hall–Kier alpha value is -0.0800. The molecule has 2 heteroatoms. The SMILES string of the molecule is CCN(C1CCN(C(C)C)CC1)C1CC(C(C)C)C1. The van der Waals surface area contributed by atoms with Crippen molar-refractivity contribution in [2.24, 2.45) is 11.8 Å². The van der Waals surface area contributed by atoms with E-state index in [1.165, 1.54) is 45.3 Å². The number of nitrogens with zero attached hydrogens (tertiary/aromatic N) is 2. The molecule has 0 bridgehead atoms. The lowest BCUT2D eigenvalue weighted by molar-refractivity contribution is 0.00258. The molecule has 112 valence electrons. The molecule has 0 aromatic heterocycles. The van der Waals surface area contributed by atoms with Crippen molar-refractivity contribution in [2.75, 3.05) is 19.6 Å². The van der Waals surface area contributed by atoms with Gasteiger partial charge in [-0.1, -0.05) is 20.8 Å². The third-order valence-corrected chi connectivity index (χ3v) is 5.63. The lowest BCUT2D eigenvalue weighted by Crippen LogP contribution is -2.54. The van der Waals surface area contributed by atoms with Gasteiger partial charge in [0.15, 0.2) is 0 Å². The minimum absolute atomic E-state index is 0.727. The van der Waals surface area contributed by atoms with Crippen LogP contribution in [0.25, 0.3) is 0 Å². The van der Waals surface area contributed by atoms with Gasteiger partial charge in [-0.25, -0.2) is 0 Å². The van der Waals surface area contributed by atoms with Gasteiger partial charge < -0.3 is 4.90 Å². The van der Waals surface area contributed by atoms with Crippen molar-refractivity contribution >= 4 is 0 Å². The van der Waals surface area contributed by atoms with E-state index in [2.05, 4.69) is 44.4 Å². The lowest BCUT2D eigenvalue weighted by Gasteiger charge is -2.49. The summed E-state index contributed by atoms with van der Waals surface area (Å²) in [5.74, 6) is 1.88. The van der Waals surface area contributed by atoms with E-state index in [4.69, 9.17) is 0 Å². The highest BCUT2D eigenvalue weighted by atomic mass is 15.2. The molecule has 0 N–H and O–H groups in total. The van der Waals surface area contributed by atoms with E-state index in [9.17, 15) is 0 Å². The van der Waals surface area contributed by atoms with E-state index in [-0.39, 0.29) is 0 Å². The Morgan fingerprint density at radius 2 is 1.58 bits per heavy atom. The van der Waals surface area contributed by atoms with Crippen LogP contribution in [0.3, 0.4) is 0 Å². The van der Waals surface area contributed by atoms with Crippen molar-refractivity contribution in [3.63, 3.8) is 0 Å². The van der Waals surface area contributed by atoms with Crippen LogP contribution in [0, 0.1) is 11.8 Å². The van der Waals surface area contributed by atoms with Crippen LogP contribution in [-0.4, -0.2) is 47.6 Å². The highest BCUT2D eigenvalue weighted by Crippen LogP contribution is 2.38. The second-order valence-electron chi connectivity index (χ2n) is 7.32. The molecule has 19 heavy (non-hydrogen) atoms. The summed E-state index contributed by atoms with van der Waals surface area (Å²) in [5, 5.41) is 0. The maximum Gasteiger partial charge on any atom is 0.0122 e. The van der Waals surface area contributed by atoms with Gasteiger partial charge in [-0.05, 0) is 71.0 Å². The van der Waals surface area contributed by atoms with Crippen molar-refractivity contribution < 1.29 is 0 Å². The first-order valence-electron chi connectivity index (χ1n) is 8.52. The first-order chi connectivity index (χ1) is 9.02. The summed E-state index contributed by atoms with van der Waals surface area (Å²) < 4.78 is 0. The molecular formula is C17H34N2. The third kappa shape index (κ3) is 3.52. The van der Waals surface area contributed by atoms with Crippen LogP contribution in [0.15, 0.2) is 0 Å². The van der Waals surface area contributed by atoms with Crippen molar-refractivity contribution in [2.45, 2.75) is 78.4 Å². The molecule has 0 radical (unpaired) electrons. The van der Waals surface area contributed by atoms with Crippen LogP contribution < -0.4 is 0 Å². The first-order valence-corrected chi connectivity index (χ1v) is 8.52. The summed E-state index contributed by atoms with van der Waals surface area (Å²) in [7, 11) is 0. The minimum Gasteiger partial charge on any atom is -0.301 e. The fourth-order valence-electron chi connectivity index (χ4n) is 3.99. The maximum atomic E-state index is 2.83. The van der Waals surface area contributed by atoms with Crippen LogP contribution in [0.1, 0.15) is 60.3 Å². The second kappa shape index (κ2) is 6.58. The third-order valence-electron chi connectivity index (χ3n) is 5.63. The highest BCUT2D eigenvalue weighted by Gasteiger charge is 2.38. The van der Waals surface area contributed by atoms with Gasteiger partial charge in [0.05, 0.1) is 0 Å². The van der Waals surface area contributed by atoms with Crippen LogP contribution in [0.2, 0.25) is 0 Å². The van der Waals surface area contributed by atoms with Crippen molar-refractivity contribution in [1.82, 2.24) is 9.80 Å². The number of piperidine rings is 1. The molecule has 1 saturated carbocycles. The molecule has 0 aromatic rings. The molecule has 1 aliphatic carbocycles. The average Bonchev–Trinajstić information content (AvgIpc) is 2.32. The molecular weight excluding hydrogens is 232 g/mol. The number of hydrogen-bond donors (Lipinski definition) is 0. The molecule has 2 rings (SSSR count). The quantitative estimate of drug-likeness (QED) is 0.750. The first kappa shape index (κ1) is 15.3. The van der Waals surface area contributed by atoms with Crippen molar-refractivity contribution in [3.05, 3.63) is 0 Å². The summed E-state index contributed by atoms with van der Waals surface area (Å²) >= 11 is 0. The molecule has 1 saturated heterocycles. The molecule has 0 unspecified atom stereocenters. The van der Waals surface area contributed by atoms with Crippen molar-refractivity contribution in [1.29, 1.82) is 0 Å². The molecule has 2 fully saturated rings. The van der Waals surface area contributed by atoms with Crippen LogP contribution in [0.5, 0.6) is 0 Å². The fraction of sp³-hybridized carbons (Fsp3) is 1.00. The van der Waals surface area contributed by atoms with E-state index in [0.717, 1.165) is 30.0 Å². The van der Waals surface area contributed by atoms with Gasteiger partial charge >= 0.3 is 0 Å². The molecule has 0 spiro atoms. The molecule has 0 aromatic carbocycles. The Bertz CT molecular complexity index is 260. The molecule has 0 atom stereocenters. The monoisotopic (exact) mass is 266 g/mol. The smallest absolute Gasteiger partial charge is 0.0122 e. The van der Waals surface area contributed by atoms with Gasteiger partial charge in [-0.15, -0.1) is 0 Å². The second-order valence-corrected chi connectivity index (χ2v) is 7.32. The zero-order valence-electron chi connectivity index (χ0n) is 13.7. The maximum absolute atomic E-state index is 2.83. The topological polar surface area (TPSA) is 6.48 Å². The highest BCUT2D eigenvalue weighted by molar-refractivity contribution is 4.92. The van der Waals surface area contributed by atoms with Crippen molar-refractivity contribution in [3.8, 4) is 0 Å². The summed E-state index contributed by atoms with van der Waals surface area (Å²) in [6, 6.07) is 2.48. The molecule has 2 nitrogen and oxygen atoms in total. The van der Waals surface area contributed by atoms with Gasteiger partial charge in [0, 0.05) is 18.1 Å². The zero-order chi connectivity index (χ0) is 14.0. The zero-order valence-corrected chi connectivity index (χ0v) is 13.7. The van der Waals surface area contributed by atoms with E-state index < -0.39 is 0 Å². The standard InChI is InChI=1S/C17H34N2/c1-6-19(17-11-15(12-17)13(2)3)16-7-9-18(10-8-16)14(4)5/h13-17H,6-12H2,1-5H3. The van der Waals surface area contributed by atoms with E-state index in [0.29, 0.717) is 0 Å². The van der Waals surface area contributed by atoms with Gasteiger partial charge in [0.1, 0.15) is 0 Å². The Morgan fingerprint density at radius 3 is 2.00 bits per heavy atom. The minimum atomic E-state index is 0.727. The van der Waals surface area contributed by atoms with E-state index in [1.54, 1.807) is 0 Å². The fourth-order valence-corrected chi connectivity index (χ4v) is 3.99. The number of rotatable bonds is 5. The van der Waals surface area contributed by atoms with Gasteiger partial charge in [0.25, 0.3) is 0 Å². The van der Waals surface area contributed by atoms with E-state index in [1.807, 2.05) is 0 Å². The van der Waals surface area contributed by atoms with Gasteiger partial charge in [-0.3, -0.25) is 4.90 Å². The molecule has 1 heterocycles. The molecule has 2 aliphatic rings. The van der Waals surface area contributed by atoms with Crippen LogP contribution in [-0.2, 0) is 0 Å². The van der Waals surface area contributed by atoms with Gasteiger partial charge in [-0.2, -0.15) is 0 Å². The van der Waals surface area contributed by atoms with Gasteiger partial charge in [0.2, 0.25) is 0 Å². The Labute approximate surface area is 120 Å². The van der Waals surface area contributed by atoms with Crippen LogP contribution in [0.4, 0.5) is 0 Å². The largest absolute Gasteiger partial charge is 0.301 e. The van der Waals surface area contributed by atoms with Crippen LogP contribution >= 0.6 is 0 Å². The molecule has 0 amide bonds. The predicted molar refractivity (Wildman–Crippen MR) is 83.5 cm³/mol. The number of hydrogen-bond acceptors (Lipinski definition) is 2. The lowest BCUT2D eigenvalue weighted by atomic mass is 9.72. The Kier molecular flexibility index (Phi) is 5.30. The summed E-state index contributed by atoms with van der Waals surface area (Å²) in [4.78, 5) is 5.47. The summed E-state index contributed by atoms with van der Waals surface area (Å²) in [5.41, 5.74) is 0.